The summed E-state index contributed by atoms with van der Waals surface area (Å²) >= 11 is 0. The lowest BCUT2D eigenvalue weighted by Crippen LogP contribution is -2.45. The summed E-state index contributed by atoms with van der Waals surface area (Å²) in [6.07, 6.45) is 0.466. The number of benzene rings is 2. The van der Waals surface area contributed by atoms with Gasteiger partial charge in [-0.2, -0.15) is 0 Å². The van der Waals surface area contributed by atoms with Gasteiger partial charge in [0.15, 0.2) is 11.5 Å². The maximum atomic E-state index is 12.6. The van der Waals surface area contributed by atoms with Crippen LogP contribution in [0, 0.1) is 0 Å². The van der Waals surface area contributed by atoms with Crippen molar-refractivity contribution in [2.24, 2.45) is 0 Å². The van der Waals surface area contributed by atoms with Gasteiger partial charge in [-0.05, 0) is 36.2 Å². The number of nitrogens with one attached hydrogen (secondary N) is 1. The van der Waals surface area contributed by atoms with Crippen molar-refractivity contribution in [1.29, 1.82) is 0 Å². The lowest BCUT2D eigenvalue weighted by molar-refractivity contribution is -0.144. The first kappa shape index (κ1) is 17.8. The number of amides is 1. The van der Waals surface area contributed by atoms with Gasteiger partial charge < -0.3 is 19.5 Å². The average Bonchev–Trinajstić information content (AvgIpc) is 3.42. The van der Waals surface area contributed by atoms with Gasteiger partial charge in [-0.1, -0.05) is 24.3 Å². The van der Waals surface area contributed by atoms with E-state index in [0.717, 1.165) is 5.56 Å². The minimum Gasteiger partial charge on any atom is -0.493 e. The molecule has 1 aliphatic rings. The summed E-state index contributed by atoms with van der Waals surface area (Å²) in [4.78, 5) is 25.0. The summed E-state index contributed by atoms with van der Waals surface area (Å²) in [5, 5.41) is 2.86. The van der Waals surface area contributed by atoms with E-state index in [1.807, 2.05) is 18.2 Å². The van der Waals surface area contributed by atoms with Crippen molar-refractivity contribution in [3.8, 4) is 11.5 Å². The predicted octanol–water partition coefficient (Wildman–Crippen LogP) is 2.53. The molecule has 1 amide bonds. The van der Waals surface area contributed by atoms with Gasteiger partial charge in [0.25, 0.3) is 5.91 Å². The molecule has 6 nitrogen and oxygen atoms in total. The van der Waals surface area contributed by atoms with Crippen molar-refractivity contribution in [3.63, 3.8) is 0 Å². The van der Waals surface area contributed by atoms with Gasteiger partial charge in [0.05, 0.1) is 21.3 Å². The number of hydrogen-bond donors (Lipinski definition) is 1. The number of ether oxygens (including phenoxy) is 3. The number of carbonyl (C=O) groups is 2. The maximum absolute atomic E-state index is 12.6. The van der Waals surface area contributed by atoms with E-state index in [1.54, 1.807) is 44.6 Å². The Balaban J connectivity index is 1.87. The fourth-order valence-corrected chi connectivity index (χ4v) is 3.20. The maximum Gasteiger partial charge on any atom is 0.332 e. The van der Waals surface area contributed by atoms with Gasteiger partial charge in [-0.15, -0.1) is 0 Å². The Bertz CT molecular complexity index is 820. The molecule has 0 bridgehead atoms. The van der Waals surface area contributed by atoms with Crippen LogP contribution in [-0.2, 0) is 9.53 Å². The molecule has 26 heavy (non-hydrogen) atoms. The molecule has 3 rings (SSSR count). The van der Waals surface area contributed by atoms with E-state index in [9.17, 15) is 9.59 Å². The molecule has 136 valence electrons. The van der Waals surface area contributed by atoms with E-state index in [2.05, 4.69) is 5.32 Å². The van der Waals surface area contributed by atoms with Gasteiger partial charge in [0, 0.05) is 11.5 Å². The second kappa shape index (κ2) is 7.07. The standard InChI is InChI=1S/C20H21NO5/c1-24-16-10-9-14(11-17(16)25-2)15-12-20(15,19(23)26-3)21-18(22)13-7-5-4-6-8-13/h4-11,15H,12H2,1-3H3,(H,21,22). The van der Waals surface area contributed by atoms with Gasteiger partial charge in [0.1, 0.15) is 5.54 Å². The Morgan fingerprint density at radius 3 is 2.31 bits per heavy atom. The minimum atomic E-state index is -1.07. The predicted molar refractivity (Wildman–Crippen MR) is 95.6 cm³/mol. The van der Waals surface area contributed by atoms with Crippen LogP contribution in [0.1, 0.15) is 28.3 Å². The van der Waals surface area contributed by atoms with Crippen LogP contribution in [0.4, 0.5) is 0 Å². The monoisotopic (exact) mass is 355 g/mol. The molecule has 0 heterocycles. The van der Waals surface area contributed by atoms with E-state index in [4.69, 9.17) is 14.2 Å². The zero-order valence-corrected chi connectivity index (χ0v) is 14.9. The molecular formula is C20H21NO5. The van der Waals surface area contributed by atoms with Crippen LogP contribution in [0.15, 0.2) is 48.5 Å². The quantitative estimate of drug-likeness (QED) is 0.806. The van der Waals surface area contributed by atoms with Crippen LogP contribution in [0.3, 0.4) is 0 Å². The Kier molecular flexibility index (Phi) is 4.84. The van der Waals surface area contributed by atoms with Crippen molar-refractivity contribution in [2.45, 2.75) is 17.9 Å². The van der Waals surface area contributed by atoms with Gasteiger partial charge in [-0.3, -0.25) is 4.79 Å². The molecule has 6 heteroatoms. The Morgan fingerprint density at radius 1 is 1.00 bits per heavy atom. The van der Waals surface area contributed by atoms with Crippen LogP contribution in [0.5, 0.6) is 11.5 Å². The molecule has 1 N–H and O–H groups in total. The molecule has 2 aromatic rings. The first-order valence-corrected chi connectivity index (χ1v) is 8.23. The summed E-state index contributed by atoms with van der Waals surface area (Å²) in [7, 11) is 4.44. The molecule has 2 atom stereocenters. The van der Waals surface area contributed by atoms with Crippen molar-refractivity contribution >= 4 is 11.9 Å². The molecule has 1 aliphatic carbocycles. The summed E-state index contributed by atoms with van der Waals surface area (Å²) in [5.41, 5.74) is 0.302. The van der Waals surface area contributed by atoms with Gasteiger partial charge >= 0.3 is 5.97 Å². The summed E-state index contributed by atoms with van der Waals surface area (Å²) in [5.74, 6) is 0.224. The highest BCUT2D eigenvalue weighted by Crippen LogP contribution is 2.53. The fraction of sp³-hybridized carbons (Fsp3) is 0.300. The van der Waals surface area contributed by atoms with E-state index >= 15 is 0 Å². The second-order valence-corrected chi connectivity index (χ2v) is 6.15. The van der Waals surface area contributed by atoms with Gasteiger partial charge in [-0.25, -0.2) is 4.79 Å². The first-order valence-electron chi connectivity index (χ1n) is 8.23. The first-order chi connectivity index (χ1) is 12.6. The Morgan fingerprint density at radius 2 is 1.69 bits per heavy atom. The molecule has 0 spiro atoms. The molecule has 0 radical (unpaired) electrons. The van der Waals surface area contributed by atoms with Crippen LogP contribution in [0.2, 0.25) is 0 Å². The number of rotatable bonds is 6. The summed E-state index contributed by atoms with van der Waals surface area (Å²) in [6.45, 7) is 0. The molecule has 0 aromatic heterocycles. The van der Waals surface area contributed by atoms with E-state index in [0.29, 0.717) is 23.5 Å². The minimum absolute atomic E-state index is 0.192. The van der Waals surface area contributed by atoms with Crippen LogP contribution < -0.4 is 14.8 Å². The highest BCUT2D eigenvalue weighted by Gasteiger charge is 2.63. The van der Waals surface area contributed by atoms with E-state index < -0.39 is 11.5 Å². The number of hydrogen-bond acceptors (Lipinski definition) is 5. The second-order valence-electron chi connectivity index (χ2n) is 6.15. The highest BCUT2D eigenvalue weighted by molar-refractivity contribution is 6.00. The highest BCUT2D eigenvalue weighted by atomic mass is 16.5. The lowest BCUT2D eigenvalue weighted by Gasteiger charge is -2.18. The SMILES string of the molecule is COC(=O)C1(NC(=O)c2ccccc2)CC1c1ccc(OC)c(OC)c1. The van der Waals surface area contributed by atoms with Gasteiger partial charge in [0.2, 0.25) is 0 Å². The molecule has 2 unspecified atom stereocenters. The third-order valence-corrected chi connectivity index (χ3v) is 4.69. The van der Waals surface area contributed by atoms with Crippen molar-refractivity contribution in [3.05, 3.63) is 59.7 Å². The van der Waals surface area contributed by atoms with Crippen LogP contribution in [-0.4, -0.2) is 38.7 Å². The zero-order chi connectivity index (χ0) is 18.7. The Hall–Kier alpha value is -3.02. The van der Waals surface area contributed by atoms with E-state index in [-0.39, 0.29) is 11.8 Å². The summed E-state index contributed by atoms with van der Waals surface area (Å²) in [6, 6.07) is 14.3. The lowest BCUT2D eigenvalue weighted by atomic mass is 10.0. The summed E-state index contributed by atoms with van der Waals surface area (Å²) < 4.78 is 15.5. The average molecular weight is 355 g/mol. The van der Waals surface area contributed by atoms with Crippen molar-refractivity contribution in [2.75, 3.05) is 21.3 Å². The number of methoxy groups -OCH3 is 3. The van der Waals surface area contributed by atoms with Crippen molar-refractivity contribution in [1.82, 2.24) is 5.32 Å². The molecule has 1 fully saturated rings. The normalized spacial score (nSPS) is 20.8. The third kappa shape index (κ3) is 3.10. The van der Waals surface area contributed by atoms with Crippen LogP contribution in [0.25, 0.3) is 0 Å². The smallest absolute Gasteiger partial charge is 0.332 e. The topological polar surface area (TPSA) is 73.9 Å². The molecule has 2 aromatic carbocycles. The molecule has 0 aliphatic heterocycles. The number of carbonyl (C=O) groups excluding carboxylic acids is 2. The van der Waals surface area contributed by atoms with Crippen molar-refractivity contribution < 1.29 is 23.8 Å². The van der Waals surface area contributed by atoms with Crippen LogP contribution >= 0.6 is 0 Å². The third-order valence-electron chi connectivity index (χ3n) is 4.69. The fourth-order valence-electron chi connectivity index (χ4n) is 3.20. The molecule has 1 saturated carbocycles. The Labute approximate surface area is 152 Å². The molecular weight excluding hydrogens is 334 g/mol. The molecule has 0 saturated heterocycles. The van der Waals surface area contributed by atoms with E-state index in [1.165, 1.54) is 7.11 Å². The zero-order valence-electron chi connectivity index (χ0n) is 14.9. The largest absolute Gasteiger partial charge is 0.493 e. The number of esters is 1.